The number of nitrogens with one attached hydrogen (secondary N) is 1. The van der Waals surface area contributed by atoms with E-state index < -0.39 is 0 Å². The summed E-state index contributed by atoms with van der Waals surface area (Å²) in [4.78, 5) is 13.6. The van der Waals surface area contributed by atoms with Crippen LogP contribution in [-0.4, -0.2) is 40.0 Å². The fourth-order valence-corrected chi connectivity index (χ4v) is 4.77. The number of piperidine rings is 1. The molecule has 21 heavy (non-hydrogen) atoms. The van der Waals surface area contributed by atoms with Gasteiger partial charge >= 0.3 is 0 Å². The predicted molar refractivity (Wildman–Crippen MR) is 88.4 cm³/mol. The van der Waals surface area contributed by atoms with Gasteiger partial charge in [-0.2, -0.15) is 0 Å². The molecule has 2 aromatic rings. The second kappa shape index (κ2) is 5.38. The summed E-state index contributed by atoms with van der Waals surface area (Å²) >= 11 is 7.75. The van der Waals surface area contributed by atoms with Crippen LogP contribution >= 0.6 is 22.9 Å². The van der Waals surface area contributed by atoms with Gasteiger partial charge in [0.1, 0.15) is 10.6 Å². The lowest BCUT2D eigenvalue weighted by atomic mass is 9.97. The van der Waals surface area contributed by atoms with Crippen LogP contribution in [0.3, 0.4) is 0 Å². The Morgan fingerprint density at radius 3 is 3.14 bits per heavy atom. The van der Waals surface area contributed by atoms with Gasteiger partial charge in [0.05, 0.1) is 5.39 Å². The van der Waals surface area contributed by atoms with Crippen molar-refractivity contribution in [1.29, 1.82) is 0 Å². The van der Waals surface area contributed by atoms with Crippen molar-refractivity contribution >= 4 is 39.0 Å². The lowest BCUT2D eigenvalue weighted by Gasteiger charge is -2.35. The molecular weight excluding hydrogens is 304 g/mol. The summed E-state index contributed by atoms with van der Waals surface area (Å²) in [5, 5.41) is 5.08. The minimum atomic E-state index is 0.338. The number of thiophene rings is 1. The highest BCUT2D eigenvalue weighted by atomic mass is 35.5. The highest BCUT2D eigenvalue weighted by Crippen LogP contribution is 2.32. The predicted octanol–water partition coefficient (Wildman–Crippen LogP) is 3.69. The minimum absolute atomic E-state index is 0.338. The number of fused-ring (bicyclic) bond motifs is 2. The molecule has 2 aliphatic rings. The van der Waals surface area contributed by atoms with E-state index >= 15 is 0 Å². The lowest BCUT2D eigenvalue weighted by molar-refractivity contribution is 0.188. The first-order valence-electron chi connectivity index (χ1n) is 7.63. The van der Waals surface area contributed by atoms with Crippen LogP contribution in [-0.2, 0) is 0 Å². The lowest BCUT2D eigenvalue weighted by Crippen LogP contribution is -2.42. The standard InChI is InChI=1S/C15H19ClN4S/c1-9-7-12-13(18-15(16)19-14(12)21-9)17-10-4-6-20-5-2-3-11(20)8-10/h7,10-11H,2-6,8H2,1H3,(H,17,18,19). The van der Waals surface area contributed by atoms with E-state index in [2.05, 4.69) is 33.2 Å². The second-order valence-electron chi connectivity index (χ2n) is 6.11. The van der Waals surface area contributed by atoms with Gasteiger partial charge in [-0.3, -0.25) is 0 Å². The van der Waals surface area contributed by atoms with Crippen molar-refractivity contribution < 1.29 is 0 Å². The van der Waals surface area contributed by atoms with Crippen LogP contribution in [0, 0.1) is 6.92 Å². The first kappa shape index (κ1) is 13.7. The summed E-state index contributed by atoms with van der Waals surface area (Å²) in [5.41, 5.74) is 0. The average Bonchev–Trinajstić information content (AvgIpc) is 3.03. The maximum absolute atomic E-state index is 6.08. The zero-order valence-corrected chi connectivity index (χ0v) is 13.7. The second-order valence-corrected chi connectivity index (χ2v) is 7.69. The van der Waals surface area contributed by atoms with E-state index in [0.29, 0.717) is 11.3 Å². The van der Waals surface area contributed by atoms with E-state index in [4.69, 9.17) is 11.6 Å². The summed E-state index contributed by atoms with van der Waals surface area (Å²) in [7, 11) is 0. The van der Waals surface area contributed by atoms with Crippen LogP contribution < -0.4 is 5.32 Å². The molecule has 4 nitrogen and oxygen atoms in total. The molecule has 0 saturated carbocycles. The fraction of sp³-hybridized carbons (Fsp3) is 0.600. The molecule has 0 aromatic carbocycles. The molecule has 0 radical (unpaired) electrons. The number of nitrogens with zero attached hydrogens (tertiary/aromatic N) is 3. The molecule has 2 atom stereocenters. The highest BCUT2D eigenvalue weighted by Gasteiger charge is 2.32. The molecule has 2 unspecified atom stereocenters. The smallest absolute Gasteiger partial charge is 0.225 e. The van der Waals surface area contributed by atoms with Crippen LogP contribution in [0.5, 0.6) is 0 Å². The zero-order valence-electron chi connectivity index (χ0n) is 12.1. The van der Waals surface area contributed by atoms with Gasteiger partial charge in [-0.25, -0.2) is 9.97 Å². The zero-order chi connectivity index (χ0) is 14.4. The first-order chi connectivity index (χ1) is 10.2. The van der Waals surface area contributed by atoms with Crippen LogP contribution in [0.1, 0.15) is 30.6 Å². The summed E-state index contributed by atoms with van der Waals surface area (Å²) in [6.07, 6.45) is 5.09. The van der Waals surface area contributed by atoms with Crippen molar-refractivity contribution in [3.8, 4) is 0 Å². The number of anilines is 1. The summed E-state index contributed by atoms with van der Waals surface area (Å²) < 4.78 is 0. The Bertz CT molecular complexity index is 671. The van der Waals surface area contributed by atoms with Crippen LogP contribution in [0.2, 0.25) is 5.28 Å². The van der Waals surface area contributed by atoms with Crippen LogP contribution in [0.4, 0.5) is 5.82 Å². The van der Waals surface area contributed by atoms with Crippen molar-refractivity contribution in [3.63, 3.8) is 0 Å². The summed E-state index contributed by atoms with van der Waals surface area (Å²) in [5.74, 6) is 0.908. The van der Waals surface area contributed by atoms with Gasteiger partial charge in [0.15, 0.2) is 0 Å². The number of hydrogen-bond acceptors (Lipinski definition) is 5. The Kier molecular flexibility index (Phi) is 3.52. The average molecular weight is 323 g/mol. The molecule has 1 N–H and O–H groups in total. The van der Waals surface area contributed by atoms with E-state index in [0.717, 1.165) is 22.1 Å². The van der Waals surface area contributed by atoms with E-state index in [9.17, 15) is 0 Å². The monoisotopic (exact) mass is 322 g/mol. The van der Waals surface area contributed by atoms with E-state index in [1.165, 1.54) is 43.6 Å². The molecule has 2 saturated heterocycles. The maximum Gasteiger partial charge on any atom is 0.225 e. The van der Waals surface area contributed by atoms with Gasteiger partial charge < -0.3 is 10.2 Å². The van der Waals surface area contributed by atoms with Crippen LogP contribution in [0.25, 0.3) is 10.2 Å². The minimum Gasteiger partial charge on any atom is -0.367 e. The highest BCUT2D eigenvalue weighted by molar-refractivity contribution is 7.18. The third-order valence-electron chi connectivity index (χ3n) is 4.65. The van der Waals surface area contributed by atoms with Gasteiger partial charge in [-0.1, -0.05) is 0 Å². The van der Waals surface area contributed by atoms with Gasteiger partial charge in [0, 0.05) is 23.5 Å². The summed E-state index contributed by atoms with van der Waals surface area (Å²) in [6.45, 7) is 4.58. The third kappa shape index (κ3) is 2.62. The molecular formula is C15H19ClN4S. The van der Waals surface area contributed by atoms with Gasteiger partial charge in [0.2, 0.25) is 5.28 Å². The van der Waals surface area contributed by atoms with E-state index in [-0.39, 0.29) is 0 Å². The first-order valence-corrected chi connectivity index (χ1v) is 8.83. The van der Waals surface area contributed by atoms with Crippen LogP contribution in [0.15, 0.2) is 6.07 Å². The molecule has 0 spiro atoms. The number of halogens is 1. The van der Waals surface area contributed by atoms with Crippen molar-refractivity contribution in [2.45, 2.75) is 44.7 Å². The number of aromatic nitrogens is 2. The Balaban J connectivity index is 1.59. The fourth-order valence-electron chi connectivity index (χ4n) is 3.67. The number of aryl methyl sites for hydroxylation is 1. The molecule has 0 amide bonds. The van der Waals surface area contributed by atoms with Crippen molar-refractivity contribution in [1.82, 2.24) is 14.9 Å². The Morgan fingerprint density at radius 2 is 2.24 bits per heavy atom. The molecule has 4 heterocycles. The molecule has 0 bridgehead atoms. The Hall–Kier alpha value is -0.910. The Labute approximate surface area is 133 Å². The van der Waals surface area contributed by atoms with Crippen molar-refractivity contribution in [3.05, 3.63) is 16.2 Å². The molecule has 0 aliphatic carbocycles. The number of rotatable bonds is 2. The molecule has 112 valence electrons. The molecule has 2 fully saturated rings. The SMILES string of the molecule is Cc1cc2c(NC3CCN4CCCC4C3)nc(Cl)nc2s1. The Morgan fingerprint density at radius 1 is 1.33 bits per heavy atom. The quantitative estimate of drug-likeness (QED) is 0.856. The molecule has 6 heteroatoms. The largest absolute Gasteiger partial charge is 0.367 e. The van der Waals surface area contributed by atoms with E-state index in [1.807, 2.05) is 0 Å². The molecule has 2 aromatic heterocycles. The van der Waals surface area contributed by atoms with Crippen molar-refractivity contribution in [2.75, 3.05) is 18.4 Å². The van der Waals surface area contributed by atoms with Gasteiger partial charge in [0.25, 0.3) is 0 Å². The third-order valence-corrected chi connectivity index (χ3v) is 5.76. The maximum atomic E-state index is 6.08. The van der Waals surface area contributed by atoms with E-state index in [1.54, 1.807) is 11.3 Å². The van der Waals surface area contributed by atoms with Crippen molar-refractivity contribution in [2.24, 2.45) is 0 Å². The van der Waals surface area contributed by atoms with Gasteiger partial charge in [-0.05, 0) is 56.8 Å². The number of hydrogen-bond donors (Lipinski definition) is 1. The van der Waals surface area contributed by atoms with Gasteiger partial charge in [-0.15, -0.1) is 11.3 Å². The molecule has 2 aliphatic heterocycles. The normalized spacial score (nSPS) is 26.2. The summed E-state index contributed by atoms with van der Waals surface area (Å²) in [6, 6.07) is 3.41. The topological polar surface area (TPSA) is 41.0 Å². The molecule has 4 rings (SSSR count).